The van der Waals surface area contributed by atoms with E-state index in [4.69, 9.17) is 10.8 Å². The number of rotatable bonds is 6. The van der Waals surface area contributed by atoms with Crippen LogP contribution in [0.25, 0.3) is 6.08 Å². The fourth-order valence-electron chi connectivity index (χ4n) is 1.50. The molecular weight excluding hydrogens is 256 g/mol. The number of nitrogens with two attached hydrogens (primary N) is 1. The van der Waals surface area contributed by atoms with E-state index in [0.717, 1.165) is 5.56 Å². The van der Waals surface area contributed by atoms with Crippen molar-refractivity contribution in [3.63, 3.8) is 0 Å². The van der Waals surface area contributed by atoms with Crippen LogP contribution in [0, 0.1) is 5.92 Å². The largest absolute Gasteiger partial charge is 0.396 e. The van der Waals surface area contributed by atoms with E-state index >= 15 is 0 Å². The highest BCUT2D eigenvalue weighted by molar-refractivity contribution is 5.94. The number of primary amides is 1. The van der Waals surface area contributed by atoms with Crippen molar-refractivity contribution in [3.05, 3.63) is 41.5 Å². The van der Waals surface area contributed by atoms with Crippen LogP contribution in [-0.2, 0) is 4.79 Å². The van der Waals surface area contributed by atoms with Crippen LogP contribution < -0.4 is 11.1 Å². The van der Waals surface area contributed by atoms with Crippen LogP contribution >= 0.6 is 0 Å². The third-order valence-corrected chi connectivity index (χ3v) is 3.13. The molecule has 4 N–H and O–H groups in total. The Morgan fingerprint density at radius 2 is 1.90 bits per heavy atom. The number of aliphatic hydroxyl groups excluding tert-OH is 1. The Labute approximate surface area is 118 Å². The number of hydrogen-bond acceptors (Lipinski definition) is 3. The molecule has 0 bridgehead atoms. The van der Waals surface area contributed by atoms with Crippen LogP contribution in [0.4, 0.5) is 0 Å². The number of carbonyl (C=O) groups is 2. The van der Waals surface area contributed by atoms with Gasteiger partial charge in [0.2, 0.25) is 11.8 Å². The molecular formula is C15H20N2O3. The average molecular weight is 276 g/mol. The molecule has 20 heavy (non-hydrogen) atoms. The Balaban J connectivity index is 2.59. The minimum atomic E-state index is -0.481. The minimum Gasteiger partial charge on any atom is -0.396 e. The van der Waals surface area contributed by atoms with Crippen molar-refractivity contribution < 1.29 is 14.7 Å². The standard InChI is InChI=1S/C15H20N2O3/c1-10(9-18)11(2)17-14(19)8-5-12-3-6-13(7-4-12)15(16)20/h3-8,10-11,18H,9H2,1-2H3,(H2,16,20)(H,17,19)/b8-5+. The molecule has 5 nitrogen and oxygen atoms in total. The lowest BCUT2D eigenvalue weighted by atomic mass is 10.1. The average Bonchev–Trinajstić information content (AvgIpc) is 2.44. The zero-order valence-corrected chi connectivity index (χ0v) is 11.7. The maximum absolute atomic E-state index is 11.7. The molecule has 0 aromatic heterocycles. The van der Waals surface area contributed by atoms with Gasteiger partial charge in [0.25, 0.3) is 0 Å². The first-order valence-corrected chi connectivity index (χ1v) is 6.43. The summed E-state index contributed by atoms with van der Waals surface area (Å²) in [6.45, 7) is 3.73. The molecule has 5 heteroatoms. The molecule has 108 valence electrons. The Morgan fingerprint density at radius 3 is 2.40 bits per heavy atom. The molecule has 0 saturated carbocycles. The van der Waals surface area contributed by atoms with Crippen molar-refractivity contribution in [1.82, 2.24) is 5.32 Å². The predicted octanol–water partition coefficient (Wildman–Crippen LogP) is 0.932. The molecule has 0 heterocycles. The lowest BCUT2D eigenvalue weighted by molar-refractivity contribution is -0.117. The maximum Gasteiger partial charge on any atom is 0.248 e. The summed E-state index contributed by atoms with van der Waals surface area (Å²) in [4.78, 5) is 22.6. The molecule has 1 aromatic rings. The van der Waals surface area contributed by atoms with Gasteiger partial charge < -0.3 is 16.2 Å². The van der Waals surface area contributed by atoms with Gasteiger partial charge in [-0.15, -0.1) is 0 Å². The third-order valence-electron chi connectivity index (χ3n) is 3.13. The summed E-state index contributed by atoms with van der Waals surface area (Å²) >= 11 is 0. The number of nitrogens with one attached hydrogen (secondary N) is 1. The molecule has 0 fully saturated rings. The molecule has 0 spiro atoms. The van der Waals surface area contributed by atoms with E-state index in [1.807, 2.05) is 13.8 Å². The third kappa shape index (κ3) is 4.85. The summed E-state index contributed by atoms with van der Waals surface area (Å²) in [5.41, 5.74) is 6.37. The van der Waals surface area contributed by atoms with E-state index in [0.29, 0.717) is 5.56 Å². The van der Waals surface area contributed by atoms with Crippen molar-refractivity contribution in [2.75, 3.05) is 6.61 Å². The van der Waals surface area contributed by atoms with Crippen LogP contribution in [0.3, 0.4) is 0 Å². The summed E-state index contributed by atoms with van der Waals surface area (Å²) in [6, 6.07) is 6.54. The van der Waals surface area contributed by atoms with Crippen LogP contribution in [0.15, 0.2) is 30.3 Å². The fraction of sp³-hybridized carbons (Fsp3) is 0.333. The van der Waals surface area contributed by atoms with E-state index < -0.39 is 5.91 Å². The number of hydrogen-bond donors (Lipinski definition) is 3. The molecule has 0 aliphatic carbocycles. The molecule has 0 aliphatic rings. The highest BCUT2D eigenvalue weighted by Gasteiger charge is 2.11. The van der Waals surface area contributed by atoms with Gasteiger partial charge in [0, 0.05) is 24.3 Å². The second-order valence-corrected chi connectivity index (χ2v) is 4.78. The van der Waals surface area contributed by atoms with Gasteiger partial charge in [0.15, 0.2) is 0 Å². The van der Waals surface area contributed by atoms with Crippen LogP contribution in [0.5, 0.6) is 0 Å². The summed E-state index contributed by atoms with van der Waals surface area (Å²) in [5, 5.41) is 11.8. The number of benzene rings is 1. The SMILES string of the molecule is CC(CO)C(C)NC(=O)/C=C/c1ccc(C(N)=O)cc1. The monoisotopic (exact) mass is 276 g/mol. The van der Waals surface area contributed by atoms with Gasteiger partial charge in [-0.2, -0.15) is 0 Å². The molecule has 0 saturated heterocycles. The lowest BCUT2D eigenvalue weighted by Crippen LogP contribution is -2.37. The first kappa shape index (κ1) is 15.9. The quantitative estimate of drug-likeness (QED) is 0.675. The zero-order valence-electron chi connectivity index (χ0n) is 11.7. The predicted molar refractivity (Wildman–Crippen MR) is 77.8 cm³/mol. The number of carbonyl (C=O) groups excluding carboxylic acids is 2. The molecule has 2 unspecified atom stereocenters. The summed E-state index contributed by atoms with van der Waals surface area (Å²) < 4.78 is 0. The molecule has 1 aromatic carbocycles. The van der Waals surface area contributed by atoms with E-state index in [1.165, 1.54) is 6.08 Å². The Kier molecular flexibility index (Phi) is 5.93. The first-order valence-electron chi connectivity index (χ1n) is 6.43. The van der Waals surface area contributed by atoms with Crippen LogP contribution in [0.2, 0.25) is 0 Å². The first-order chi connectivity index (χ1) is 9.43. The van der Waals surface area contributed by atoms with Crippen LogP contribution in [-0.4, -0.2) is 29.6 Å². The molecule has 2 amide bonds. The second-order valence-electron chi connectivity index (χ2n) is 4.78. The Morgan fingerprint density at radius 1 is 1.30 bits per heavy atom. The van der Waals surface area contributed by atoms with Gasteiger partial charge in [-0.1, -0.05) is 19.1 Å². The van der Waals surface area contributed by atoms with Gasteiger partial charge in [-0.05, 0) is 36.6 Å². The number of aliphatic hydroxyl groups is 1. The fourth-order valence-corrected chi connectivity index (χ4v) is 1.50. The summed E-state index contributed by atoms with van der Waals surface area (Å²) in [7, 11) is 0. The highest BCUT2D eigenvalue weighted by atomic mass is 16.3. The van der Waals surface area contributed by atoms with Crippen molar-refractivity contribution in [1.29, 1.82) is 0 Å². The van der Waals surface area contributed by atoms with E-state index in [9.17, 15) is 9.59 Å². The Hall–Kier alpha value is -2.14. The maximum atomic E-state index is 11.7. The van der Waals surface area contributed by atoms with Crippen molar-refractivity contribution in [2.45, 2.75) is 19.9 Å². The molecule has 0 aliphatic heterocycles. The van der Waals surface area contributed by atoms with Gasteiger partial charge in [-0.3, -0.25) is 9.59 Å². The lowest BCUT2D eigenvalue weighted by Gasteiger charge is -2.18. The Bertz CT molecular complexity index is 494. The zero-order chi connectivity index (χ0) is 15.1. The smallest absolute Gasteiger partial charge is 0.248 e. The van der Waals surface area contributed by atoms with Gasteiger partial charge in [0.1, 0.15) is 0 Å². The minimum absolute atomic E-state index is 0.00204. The van der Waals surface area contributed by atoms with E-state index in [2.05, 4.69) is 5.32 Å². The van der Waals surface area contributed by atoms with Gasteiger partial charge >= 0.3 is 0 Å². The van der Waals surface area contributed by atoms with Crippen molar-refractivity contribution in [3.8, 4) is 0 Å². The van der Waals surface area contributed by atoms with Gasteiger partial charge in [-0.25, -0.2) is 0 Å². The van der Waals surface area contributed by atoms with Crippen molar-refractivity contribution in [2.24, 2.45) is 11.7 Å². The molecule has 1 rings (SSSR count). The van der Waals surface area contributed by atoms with Crippen molar-refractivity contribution >= 4 is 17.9 Å². The summed E-state index contributed by atoms with van der Waals surface area (Å²) in [5.74, 6) is -0.705. The molecule has 2 atom stereocenters. The van der Waals surface area contributed by atoms with Gasteiger partial charge in [0.05, 0.1) is 0 Å². The second kappa shape index (κ2) is 7.45. The highest BCUT2D eigenvalue weighted by Crippen LogP contribution is 2.06. The normalized spacial score (nSPS) is 13.9. The van der Waals surface area contributed by atoms with E-state index in [-0.39, 0.29) is 24.5 Å². The topological polar surface area (TPSA) is 92.4 Å². The summed E-state index contributed by atoms with van der Waals surface area (Å²) in [6.07, 6.45) is 3.07. The molecule has 0 radical (unpaired) electrons. The number of amides is 2. The van der Waals surface area contributed by atoms with Crippen LogP contribution in [0.1, 0.15) is 29.8 Å². The van der Waals surface area contributed by atoms with E-state index in [1.54, 1.807) is 30.3 Å².